The number of rotatable bonds is 5. The summed E-state index contributed by atoms with van der Waals surface area (Å²) in [6.45, 7) is 3.68. The van der Waals surface area contributed by atoms with Crippen molar-refractivity contribution in [3.63, 3.8) is 0 Å². The highest BCUT2D eigenvalue weighted by molar-refractivity contribution is 6.10. The number of hydrogen-bond donors (Lipinski definition) is 3. The standard InChI is InChI=1S/C21H22N8O3/c1-32-17-4-2-3-13-14(17)12-29(20(13)31)21-25-18(26-27-21)19(30)24-15-11-23-6-5-16(15)28-9-7-22-8-10-28/h2-6,11,22H,7-10,12H2,1H3,(H,24,30)(H,25,26,27). The number of methoxy groups -OCH3 is 1. The van der Waals surface area contributed by atoms with Gasteiger partial charge in [0.1, 0.15) is 5.75 Å². The first-order chi connectivity index (χ1) is 15.7. The van der Waals surface area contributed by atoms with Crippen molar-refractivity contribution >= 4 is 29.1 Å². The number of aromatic amines is 1. The van der Waals surface area contributed by atoms with Gasteiger partial charge in [0.2, 0.25) is 5.82 Å². The van der Waals surface area contributed by atoms with Crippen LogP contribution in [0.2, 0.25) is 0 Å². The van der Waals surface area contributed by atoms with E-state index < -0.39 is 5.91 Å². The third-order valence-corrected chi connectivity index (χ3v) is 5.58. The fourth-order valence-corrected chi connectivity index (χ4v) is 3.98. The van der Waals surface area contributed by atoms with E-state index in [0.29, 0.717) is 17.0 Å². The SMILES string of the molecule is COc1cccc2c1CN(c1n[nH]c(C(=O)Nc3cnccc3N3CCNCC3)n1)C2=O. The number of carbonyl (C=O) groups excluding carboxylic acids is 2. The third kappa shape index (κ3) is 3.52. The monoisotopic (exact) mass is 434 g/mol. The molecule has 2 aromatic heterocycles. The van der Waals surface area contributed by atoms with E-state index in [1.807, 2.05) is 6.07 Å². The summed E-state index contributed by atoms with van der Waals surface area (Å²) in [6.07, 6.45) is 3.31. The second-order valence-electron chi connectivity index (χ2n) is 7.45. The molecule has 1 fully saturated rings. The zero-order valence-corrected chi connectivity index (χ0v) is 17.5. The minimum absolute atomic E-state index is 0.00540. The molecule has 0 saturated carbocycles. The molecule has 32 heavy (non-hydrogen) atoms. The van der Waals surface area contributed by atoms with Gasteiger partial charge in [0, 0.05) is 43.5 Å². The van der Waals surface area contributed by atoms with Gasteiger partial charge >= 0.3 is 0 Å². The molecule has 2 amide bonds. The molecule has 1 saturated heterocycles. The molecule has 11 heteroatoms. The molecule has 0 aliphatic carbocycles. The number of ether oxygens (including phenoxy) is 1. The van der Waals surface area contributed by atoms with Crippen molar-refractivity contribution in [2.24, 2.45) is 0 Å². The molecule has 3 aromatic rings. The van der Waals surface area contributed by atoms with Crippen LogP contribution in [-0.4, -0.2) is 65.3 Å². The van der Waals surface area contributed by atoms with E-state index in [-0.39, 0.29) is 24.2 Å². The molecular formula is C21H22N8O3. The summed E-state index contributed by atoms with van der Waals surface area (Å²) >= 11 is 0. The van der Waals surface area contributed by atoms with Gasteiger partial charge in [-0.05, 0) is 18.2 Å². The molecule has 0 atom stereocenters. The number of benzene rings is 1. The maximum absolute atomic E-state index is 12.9. The lowest BCUT2D eigenvalue weighted by Gasteiger charge is -2.30. The number of nitrogens with zero attached hydrogens (tertiary/aromatic N) is 5. The van der Waals surface area contributed by atoms with Gasteiger partial charge in [-0.2, -0.15) is 4.98 Å². The van der Waals surface area contributed by atoms with Crippen LogP contribution in [0.25, 0.3) is 0 Å². The van der Waals surface area contributed by atoms with Crippen molar-refractivity contribution in [3.05, 3.63) is 53.6 Å². The van der Waals surface area contributed by atoms with Crippen molar-refractivity contribution in [2.45, 2.75) is 6.54 Å². The van der Waals surface area contributed by atoms with Crippen LogP contribution in [-0.2, 0) is 6.54 Å². The van der Waals surface area contributed by atoms with Crippen molar-refractivity contribution in [1.29, 1.82) is 0 Å². The van der Waals surface area contributed by atoms with Crippen LogP contribution < -0.4 is 25.2 Å². The number of amides is 2. The molecule has 0 unspecified atom stereocenters. The highest BCUT2D eigenvalue weighted by Crippen LogP contribution is 2.32. The van der Waals surface area contributed by atoms with Crippen LogP contribution in [0, 0.1) is 0 Å². The maximum atomic E-state index is 12.9. The molecule has 11 nitrogen and oxygen atoms in total. The summed E-state index contributed by atoms with van der Waals surface area (Å²) in [5.74, 6) is 0.0645. The number of carbonyl (C=O) groups is 2. The largest absolute Gasteiger partial charge is 0.496 e. The fourth-order valence-electron chi connectivity index (χ4n) is 3.98. The zero-order chi connectivity index (χ0) is 22.1. The van der Waals surface area contributed by atoms with Crippen LogP contribution >= 0.6 is 0 Å². The molecule has 5 rings (SSSR count). The number of hydrogen-bond acceptors (Lipinski definition) is 8. The van der Waals surface area contributed by atoms with Gasteiger partial charge in [-0.3, -0.25) is 24.6 Å². The van der Waals surface area contributed by atoms with Crippen molar-refractivity contribution < 1.29 is 14.3 Å². The summed E-state index contributed by atoms with van der Waals surface area (Å²) in [5.41, 5.74) is 2.79. The van der Waals surface area contributed by atoms with Crippen molar-refractivity contribution in [1.82, 2.24) is 25.5 Å². The first-order valence-electron chi connectivity index (χ1n) is 10.3. The molecule has 164 valence electrons. The van der Waals surface area contributed by atoms with Crippen LogP contribution in [0.3, 0.4) is 0 Å². The van der Waals surface area contributed by atoms with Gasteiger partial charge in [0.25, 0.3) is 17.8 Å². The number of piperazine rings is 1. The molecule has 1 aromatic carbocycles. The van der Waals surface area contributed by atoms with Gasteiger partial charge in [0.05, 0.1) is 31.2 Å². The van der Waals surface area contributed by atoms with E-state index in [9.17, 15) is 9.59 Å². The topological polar surface area (TPSA) is 128 Å². The Balaban J connectivity index is 1.34. The Labute approximate surface area is 183 Å². The highest BCUT2D eigenvalue weighted by atomic mass is 16.5. The second-order valence-corrected chi connectivity index (χ2v) is 7.45. The second kappa shape index (κ2) is 8.27. The van der Waals surface area contributed by atoms with E-state index in [4.69, 9.17) is 4.74 Å². The Morgan fingerprint density at radius 1 is 1.22 bits per heavy atom. The number of fused-ring (bicyclic) bond motifs is 1. The number of anilines is 3. The molecular weight excluding hydrogens is 412 g/mol. The van der Waals surface area contributed by atoms with E-state index in [2.05, 4.69) is 35.7 Å². The zero-order valence-electron chi connectivity index (χ0n) is 17.5. The lowest BCUT2D eigenvalue weighted by Crippen LogP contribution is -2.43. The lowest BCUT2D eigenvalue weighted by molar-refractivity contribution is 0.0990. The van der Waals surface area contributed by atoms with Crippen molar-refractivity contribution in [3.8, 4) is 5.75 Å². The Hall–Kier alpha value is -3.99. The quantitative estimate of drug-likeness (QED) is 0.543. The maximum Gasteiger partial charge on any atom is 0.293 e. The Kier molecular flexibility index (Phi) is 5.15. The van der Waals surface area contributed by atoms with Gasteiger partial charge in [-0.25, -0.2) is 0 Å². The molecule has 2 aliphatic rings. The smallest absolute Gasteiger partial charge is 0.293 e. The number of nitrogens with one attached hydrogen (secondary N) is 3. The lowest BCUT2D eigenvalue weighted by atomic mass is 10.1. The minimum atomic E-state index is -0.463. The van der Waals surface area contributed by atoms with Gasteiger partial charge in [-0.1, -0.05) is 6.07 Å². The first-order valence-corrected chi connectivity index (χ1v) is 10.3. The average Bonchev–Trinajstić information content (AvgIpc) is 3.45. The molecule has 4 heterocycles. The Bertz CT molecular complexity index is 1170. The van der Waals surface area contributed by atoms with Crippen molar-refractivity contribution in [2.75, 3.05) is 48.4 Å². The summed E-state index contributed by atoms with van der Waals surface area (Å²) in [6, 6.07) is 7.18. The van der Waals surface area contributed by atoms with E-state index in [1.54, 1.807) is 37.7 Å². The normalized spacial score (nSPS) is 15.6. The van der Waals surface area contributed by atoms with Gasteiger partial charge in [-0.15, -0.1) is 5.10 Å². The average molecular weight is 434 g/mol. The number of aromatic nitrogens is 4. The van der Waals surface area contributed by atoms with Crippen LogP contribution in [0.4, 0.5) is 17.3 Å². The van der Waals surface area contributed by atoms with Gasteiger partial charge < -0.3 is 20.3 Å². The van der Waals surface area contributed by atoms with Crippen LogP contribution in [0.5, 0.6) is 5.75 Å². The fraction of sp³-hybridized carbons (Fsp3) is 0.286. The number of H-pyrrole nitrogens is 1. The summed E-state index contributed by atoms with van der Waals surface area (Å²) < 4.78 is 5.36. The molecule has 0 radical (unpaired) electrons. The van der Waals surface area contributed by atoms with E-state index in [0.717, 1.165) is 37.4 Å². The predicted octanol–water partition coefficient (Wildman–Crippen LogP) is 1.03. The molecule has 0 spiro atoms. The number of pyridine rings is 1. The summed E-state index contributed by atoms with van der Waals surface area (Å²) in [5, 5.41) is 12.9. The Morgan fingerprint density at radius 3 is 2.88 bits per heavy atom. The Morgan fingerprint density at radius 2 is 2.06 bits per heavy atom. The first kappa shape index (κ1) is 19.9. The molecule has 3 N–H and O–H groups in total. The van der Waals surface area contributed by atoms with Crippen LogP contribution in [0.15, 0.2) is 36.7 Å². The highest BCUT2D eigenvalue weighted by Gasteiger charge is 2.33. The summed E-state index contributed by atoms with van der Waals surface area (Å²) in [7, 11) is 1.56. The third-order valence-electron chi connectivity index (χ3n) is 5.58. The van der Waals surface area contributed by atoms with E-state index >= 15 is 0 Å². The minimum Gasteiger partial charge on any atom is -0.496 e. The van der Waals surface area contributed by atoms with Gasteiger partial charge in [0.15, 0.2) is 0 Å². The van der Waals surface area contributed by atoms with E-state index in [1.165, 1.54) is 4.90 Å². The summed E-state index contributed by atoms with van der Waals surface area (Å²) in [4.78, 5) is 37.7. The predicted molar refractivity (Wildman–Crippen MR) is 117 cm³/mol. The molecule has 0 bridgehead atoms. The molecule has 2 aliphatic heterocycles. The van der Waals surface area contributed by atoms with Crippen LogP contribution in [0.1, 0.15) is 26.5 Å².